The fraction of sp³-hybridized carbons (Fsp3) is 0.250. The molecule has 0 saturated carbocycles. The Morgan fingerprint density at radius 1 is 1.15 bits per heavy atom. The van der Waals surface area contributed by atoms with Crippen LogP contribution in [0.25, 0.3) is 21.6 Å². The quantitative estimate of drug-likeness (QED) is 0.773. The number of pyridine rings is 1. The first-order chi connectivity index (χ1) is 9.56. The van der Waals surface area contributed by atoms with E-state index in [2.05, 4.69) is 29.0 Å². The lowest BCUT2D eigenvalue weighted by molar-refractivity contribution is 0.202. The topological polar surface area (TPSA) is 46.0 Å². The summed E-state index contributed by atoms with van der Waals surface area (Å²) in [5.41, 5.74) is 3.93. The average Bonchev–Trinajstić information content (AvgIpc) is 2.81. The van der Waals surface area contributed by atoms with Crippen molar-refractivity contribution in [2.24, 2.45) is 0 Å². The Kier molecular flexibility index (Phi) is 3.28. The molecule has 4 heteroatoms. The summed E-state index contributed by atoms with van der Waals surface area (Å²) in [7, 11) is 0. The molecule has 0 aliphatic carbocycles. The number of hydrogen-bond donors (Lipinski definition) is 1. The van der Waals surface area contributed by atoms with E-state index in [1.165, 1.54) is 22.3 Å². The fourth-order valence-corrected chi connectivity index (χ4v) is 3.33. The van der Waals surface area contributed by atoms with E-state index in [1.807, 2.05) is 25.1 Å². The van der Waals surface area contributed by atoms with Crippen LogP contribution in [-0.4, -0.2) is 15.1 Å². The molecule has 2 heterocycles. The van der Waals surface area contributed by atoms with Gasteiger partial charge in [0.2, 0.25) is 0 Å². The van der Waals surface area contributed by atoms with Gasteiger partial charge in [0.25, 0.3) is 0 Å². The minimum atomic E-state index is -0.484. The summed E-state index contributed by atoms with van der Waals surface area (Å²) >= 11 is 1.51. The highest BCUT2D eigenvalue weighted by Gasteiger charge is 2.15. The minimum absolute atomic E-state index is 0.484. The van der Waals surface area contributed by atoms with Crippen molar-refractivity contribution in [3.63, 3.8) is 0 Å². The van der Waals surface area contributed by atoms with Gasteiger partial charge in [0.1, 0.15) is 5.01 Å². The van der Waals surface area contributed by atoms with Crippen LogP contribution in [0.1, 0.15) is 29.2 Å². The molecule has 0 aliphatic rings. The van der Waals surface area contributed by atoms with Crippen LogP contribution in [0.2, 0.25) is 0 Å². The maximum Gasteiger partial charge on any atom is 0.142 e. The second-order valence-electron chi connectivity index (χ2n) is 4.99. The van der Waals surface area contributed by atoms with Gasteiger partial charge in [-0.3, -0.25) is 0 Å². The summed E-state index contributed by atoms with van der Waals surface area (Å²) in [5, 5.41) is 11.8. The molecule has 0 amide bonds. The summed E-state index contributed by atoms with van der Waals surface area (Å²) in [6, 6.07) is 10.2. The predicted molar refractivity (Wildman–Crippen MR) is 83.0 cm³/mol. The highest BCUT2D eigenvalue weighted by molar-refractivity contribution is 7.15. The zero-order chi connectivity index (χ0) is 14.3. The van der Waals surface area contributed by atoms with Crippen LogP contribution in [0.4, 0.5) is 0 Å². The maximum atomic E-state index is 9.74. The van der Waals surface area contributed by atoms with Crippen molar-refractivity contribution in [1.29, 1.82) is 0 Å². The number of aromatic nitrogens is 2. The van der Waals surface area contributed by atoms with Crippen molar-refractivity contribution in [3.8, 4) is 10.7 Å². The molecule has 1 atom stereocenters. The molecule has 1 aromatic carbocycles. The SMILES string of the molecule is Cc1nc(-c2cc(C)c3ccccc3n2)sc1C(C)O. The number of benzene rings is 1. The van der Waals surface area contributed by atoms with E-state index < -0.39 is 6.10 Å². The Morgan fingerprint density at radius 3 is 2.60 bits per heavy atom. The minimum Gasteiger partial charge on any atom is -0.388 e. The normalized spacial score (nSPS) is 12.8. The van der Waals surface area contributed by atoms with Gasteiger partial charge in [0.05, 0.1) is 27.9 Å². The standard InChI is InChI=1S/C16H16N2OS/c1-9-8-14(18-13-7-5-4-6-12(9)13)16-17-10(2)15(20-16)11(3)19/h4-8,11,19H,1-3H3. The second kappa shape index (κ2) is 4.96. The van der Waals surface area contributed by atoms with Crippen LogP contribution in [0.3, 0.4) is 0 Å². The number of fused-ring (bicyclic) bond motifs is 1. The van der Waals surface area contributed by atoms with Crippen LogP contribution in [-0.2, 0) is 0 Å². The van der Waals surface area contributed by atoms with E-state index in [0.29, 0.717) is 0 Å². The van der Waals surface area contributed by atoms with E-state index in [4.69, 9.17) is 0 Å². The molecular weight excluding hydrogens is 268 g/mol. The van der Waals surface area contributed by atoms with Crippen molar-refractivity contribution in [1.82, 2.24) is 9.97 Å². The van der Waals surface area contributed by atoms with Crippen LogP contribution in [0.5, 0.6) is 0 Å². The van der Waals surface area contributed by atoms with Crippen LogP contribution >= 0.6 is 11.3 Å². The van der Waals surface area contributed by atoms with Crippen LogP contribution in [0.15, 0.2) is 30.3 Å². The van der Waals surface area contributed by atoms with Crippen molar-refractivity contribution in [2.45, 2.75) is 26.9 Å². The summed E-state index contributed by atoms with van der Waals surface area (Å²) < 4.78 is 0. The molecule has 0 radical (unpaired) electrons. The van der Waals surface area contributed by atoms with E-state index in [-0.39, 0.29) is 0 Å². The van der Waals surface area contributed by atoms with Gasteiger partial charge in [-0.2, -0.15) is 0 Å². The van der Waals surface area contributed by atoms with Gasteiger partial charge < -0.3 is 5.11 Å². The van der Waals surface area contributed by atoms with Gasteiger partial charge in [-0.05, 0) is 38.5 Å². The van der Waals surface area contributed by atoms with E-state index in [1.54, 1.807) is 6.92 Å². The van der Waals surface area contributed by atoms with Gasteiger partial charge in [0, 0.05) is 5.39 Å². The summed E-state index contributed by atoms with van der Waals surface area (Å²) in [4.78, 5) is 10.1. The summed E-state index contributed by atoms with van der Waals surface area (Å²) in [6.45, 7) is 5.78. The lowest BCUT2D eigenvalue weighted by Gasteiger charge is -2.04. The summed E-state index contributed by atoms with van der Waals surface area (Å²) in [5.74, 6) is 0. The van der Waals surface area contributed by atoms with E-state index >= 15 is 0 Å². The zero-order valence-electron chi connectivity index (χ0n) is 11.7. The van der Waals surface area contributed by atoms with Gasteiger partial charge >= 0.3 is 0 Å². The van der Waals surface area contributed by atoms with Crippen molar-refractivity contribution < 1.29 is 5.11 Å². The highest BCUT2D eigenvalue weighted by Crippen LogP contribution is 2.32. The molecule has 3 rings (SSSR count). The number of hydrogen-bond acceptors (Lipinski definition) is 4. The molecule has 20 heavy (non-hydrogen) atoms. The van der Waals surface area contributed by atoms with E-state index in [0.717, 1.165) is 26.8 Å². The Bertz CT molecular complexity index is 777. The smallest absolute Gasteiger partial charge is 0.142 e. The molecule has 0 aliphatic heterocycles. The second-order valence-corrected chi connectivity index (χ2v) is 6.02. The van der Waals surface area contributed by atoms with Crippen LogP contribution in [0, 0.1) is 13.8 Å². The largest absolute Gasteiger partial charge is 0.388 e. The molecular formula is C16H16N2OS. The number of aliphatic hydroxyl groups excluding tert-OH is 1. The van der Waals surface area contributed by atoms with Gasteiger partial charge in [-0.1, -0.05) is 18.2 Å². The lowest BCUT2D eigenvalue weighted by atomic mass is 10.1. The van der Waals surface area contributed by atoms with Gasteiger partial charge in [-0.25, -0.2) is 9.97 Å². The Labute approximate surface area is 122 Å². The number of para-hydroxylation sites is 1. The predicted octanol–water partition coefficient (Wildman–Crippen LogP) is 4.03. The van der Waals surface area contributed by atoms with E-state index in [9.17, 15) is 5.11 Å². The Hall–Kier alpha value is -1.78. The number of nitrogens with zero attached hydrogens (tertiary/aromatic N) is 2. The number of aliphatic hydroxyl groups is 1. The Balaban J connectivity index is 2.17. The number of thiazole rings is 1. The van der Waals surface area contributed by atoms with Crippen molar-refractivity contribution in [3.05, 3.63) is 46.5 Å². The molecule has 3 aromatic rings. The molecule has 1 N–H and O–H groups in total. The highest BCUT2D eigenvalue weighted by atomic mass is 32.1. The molecule has 0 bridgehead atoms. The zero-order valence-corrected chi connectivity index (χ0v) is 12.5. The van der Waals surface area contributed by atoms with Crippen molar-refractivity contribution >= 4 is 22.2 Å². The first-order valence-electron chi connectivity index (χ1n) is 6.58. The van der Waals surface area contributed by atoms with Crippen molar-refractivity contribution in [2.75, 3.05) is 0 Å². The van der Waals surface area contributed by atoms with Crippen LogP contribution < -0.4 is 0 Å². The third-order valence-electron chi connectivity index (χ3n) is 3.35. The third-order valence-corrected chi connectivity index (χ3v) is 4.70. The molecule has 102 valence electrons. The molecule has 0 saturated heterocycles. The summed E-state index contributed by atoms with van der Waals surface area (Å²) in [6.07, 6.45) is -0.484. The third kappa shape index (κ3) is 2.21. The average molecular weight is 284 g/mol. The molecule has 0 fully saturated rings. The Morgan fingerprint density at radius 2 is 1.90 bits per heavy atom. The molecule has 0 spiro atoms. The monoisotopic (exact) mass is 284 g/mol. The first kappa shape index (κ1) is 13.2. The fourth-order valence-electron chi connectivity index (χ4n) is 2.36. The number of rotatable bonds is 2. The maximum absolute atomic E-state index is 9.74. The van der Waals surface area contributed by atoms with Gasteiger partial charge in [0.15, 0.2) is 0 Å². The number of aryl methyl sites for hydroxylation is 2. The molecule has 1 unspecified atom stereocenters. The first-order valence-corrected chi connectivity index (χ1v) is 7.40. The van der Waals surface area contributed by atoms with Gasteiger partial charge in [-0.15, -0.1) is 11.3 Å². The lowest BCUT2D eigenvalue weighted by Crippen LogP contribution is -1.89. The molecule has 3 nitrogen and oxygen atoms in total. The molecule has 2 aromatic heterocycles.